The number of halogens is 3. The second kappa shape index (κ2) is 7.10. The molecule has 0 saturated carbocycles. The van der Waals surface area contributed by atoms with Gasteiger partial charge in [0.1, 0.15) is 0 Å². The van der Waals surface area contributed by atoms with Crippen LogP contribution in [0.15, 0.2) is 42.9 Å². The first-order valence-electron chi connectivity index (χ1n) is 7.92. The summed E-state index contributed by atoms with van der Waals surface area (Å²) in [7, 11) is 0. The monoisotopic (exact) mass is 376 g/mol. The van der Waals surface area contributed by atoms with Crippen molar-refractivity contribution in [1.82, 2.24) is 15.3 Å². The summed E-state index contributed by atoms with van der Waals surface area (Å²) in [5.74, 6) is -1.77. The zero-order valence-corrected chi connectivity index (χ0v) is 14.1. The smallest absolute Gasteiger partial charge is 0.358 e. The zero-order chi connectivity index (χ0) is 19.6. The minimum Gasteiger partial charge on any atom is -0.358 e. The second-order valence-electron chi connectivity index (χ2n) is 5.91. The van der Waals surface area contributed by atoms with E-state index in [1.54, 1.807) is 18.5 Å². The van der Waals surface area contributed by atoms with Crippen LogP contribution in [0.4, 0.5) is 18.9 Å². The molecule has 2 heterocycles. The fourth-order valence-corrected chi connectivity index (χ4v) is 2.67. The molecular formula is C18H15F3N4O2. The van der Waals surface area contributed by atoms with E-state index in [2.05, 4.69) is 20.6 Å². The fourth-order valence-electron chi connectivity index (χ4n) is 2.67. The summed E-state index contributed by atoms with van der Waals surface area (Å²) < 4.78 is 38.3. The molecule has 0 atom stereocenters. The summed E-state index contributed by atoms with van der Waals surface area (Å²) >= 11 is 0. The van der Waals surface area contributed by atoms with Crippen LogP contribution in [0, 0.1) is 6.92 Å². The second-order valence-corrected chi connectivity index (χ2v) is 5.91. The molecule has 0 aliphatic carbocycles. The first-order chi connectivity index (χ1) is 12.8. The topological polar surface area (TPSA) is 86.9 Å². The normalized spacial score (nSPS) is 11.4. The number of aromatic nitrogens is 2. The highest BCUT2D eigenvalue weighted by atomic mass is 19.4. The van der Waals surface area contributed by atoms with Crippen molar-refractivity contribution in [1.29, 1.82) is 0 Å². The number of aryl methyl sites for hydroxylation is 1. The summed E-state index contributed by atoms with van der Waals surface area (Å²) in [6.07, 6.45) is 0.244. The average Bonchev–Trinajstić information content (AvgIpc) is 3.01. The average molecular weight is 376 g/mol. The van der Waals surface area contributed by atoms with Gasteiger partial charge in [0.25, 0.3) is 0 Å². The zero-order valence-electron chi connectivity index (χ0n) is 14.1. The molecule has 1 aromatic carbocycles. The van der Waals surface area contributed by atoms with Gasteiger partial charge in [-0.3, -0.25) is 14.6 Å². The number of alkyl halides is 3. The van der Waals surface area contributed by atoms with Gasteiger partial charge in [-0.05, 0) is 30.2 Å². The highest BCUT2D eigenvalue weighted by Crippen LogP contribution is 2.32. The first-order valence-corrected chi connectivity index (χ1v) is 7.92. The predicted octanol–water partition coefficient (Wildman–Crippen LogP) is 3.15. The van der Waals surface area contributed by atoms with Gasteiger partial charge < -0.3 is 15.6 Å². The summed E-state index contributed by atoms with van der Waals surface area (Å²) in [5, 5.41) is 5.57. The lowest BCUT2D eigenvalue weighted by Gasteiger charge is -2.12. The van der Waals surface area contributed by atoms with Gasteiger partial charge in [0.2, 0.25) is 0 Å². The van der Waals surface area contributed by atoms with E-state index < -0.39 is 23.6 Å². The Kier molecular flexibility index (Phi) is 4.85. The van der Waals surface area contributed by atoms with E-state index in [1.807, 2.05) is 0 Å². The Bertz CT molecular complexity index is 1010. The molecule has 0 bridgehead atoms. The highest BCUT2D eigenvalue weighted by Gasteiger charge is 2.32. The number of amides is 2. The number of fused-ring (bicyclic) bond motifs is 1. The highest BCUT2D eigenvalue weighted by molar-refractivity contribution is 6.40. The number of aromatic amines is 1. The third-order valence-electron chi connectivity index (χ3n) is 3.99. The van der Waals surface area contributed by atoms with Crippen molar-refractivity contribution in [2.75, 3.05) is 5.32 Å². The number of benzene rings is 1. The molecule has 3 N–H and O–H groups in total. The number of anilines is 1. The van der Waals surface area contributed by atoms with Crippen LogP contribution in [0.25, 0.3) is 10.9 Å². The van der Waals surface area contributed by atoms with E-state index in [0.717, 1.165) is 6.07 Å². The number of hydrogen-bond donors (Lipinski definition) is 3. The van der Waals surface area contributed by atoms with Crippen molar-refractivity contribution >= 4 is 28.4 Å². The Balaban J connectivity index is 1.62. The number of rotatable bonds is 3. The van der Waals surface area contributed by atoms with Crippen LogP contribution >= 0.6 is 0 Å². The number of carbonyl (C=O) groups excluding carboxylic acids is 2. The standard InChI is InChI=1S/C18H15F3N4O2/c1-10-6-11(2-3-13(10)18(19,20)21)7-24-16(26)17(27)25-15-9-23-14-8-22-5-4-12(14)15/h2-6,8-9,23H,7H2,1H3,(H,24,26)(H,25,27). The van der Waals surface area contributed by atoms with Crippen molar-refractivity contribution in [2.24, 2.45) is 0 Å². The Morgan fingerprint density at radius 2 is 1.96 bits per heavy atom. The molecule has 2 aromatic heterocycles. The van der Waals surface area contributed by atoms with Gasteiger partial charge >= 0.3 is 18.0 Å². The SMILES string of the molecule is Cc1cc(CNC(=O)C(=O)Nc2c[nH]c3cnccc23)ccc1C(F)(F)F. The molecule has 27 heavy (non-hydrogen) atoms. The lowest BCUT2D eigenvalue weighted by atomic mass is 10.0. The molecule has 0 spiro atoms. The maximum Gasteiger partial charge on any atom is 0.416 e. The van der Waals surface area contributed by atoms with Gasteiger partial charge in [0.15, 0.2) is 0 Å². The largest absolute Gasteiger partial charge is 0.416 e. The lowest BCUT2D eigenvalue weighted by Crippen LogP contribution is -2.34. The van der Waals surface area contributed by atoms with Gasteiger partial charge in [-0.25, -0.2) is 0 Å². The molecule has 0 saturated heterocycles. The predicted molar refractivity (Wildman–Crippen MR) is 92.8 cm³/mol. The Labute approximate surface area is 151 Å². The maximum atomic E-state index is 12.8. The maximum absolute atomic E-state index is 12.8. The van der Waals surface area contributed by atoms with E-state index in [0.29, 0.717) is 22.2 Å². The van der Waals surface area contributed by atoms with Crippen LogP contribution in [-0.4, -0.2) is 21.8 Å². The van der Waals surface area contributed by atoms with Gasteiger partial charge in [-0.1, -0.05) is 12.1 Å². The molecule has 0 radical (unpaired) electrons. The van der Waals surface area contributed by atoms with Gasteiger partial charge in [0.05, 0.1) is 23.0 Å². The Hall–Kier alpha value is -3.36. The molecule has 6 nitrogen and oxygen atoms in total. The number of nitrogens with zero attached hydrogens (tertiary/aromatic N) is 1. The number of hydrogen-bond acceptors (Lipinski definition) is 3. The van der Waals surface area contributed by atoms with Crippen LogP contribution in [0.3, 0.4) is 0 Å². The van der Waals surface area contributed by atoms with E-state index in [-0.39, 0.29) is 12.1 Å². The molecule has 0 fully saturated rings. The van der Waals surface area contributed by atoms with Gasteiger partial charge in [-0.2, -0.15) is 13.2 Å². The third kappa shape index (κ3) is 4.08. The summed E-state index contributed by atoms with van der Waals surface area (Å²) in [5.41, 5.74) is 0.904. The molecule has 2 amide bonds. The summed E-state index contributed by atoms with van der Waals surface area (Å²) in [6, 6.07) is 5.23. The third-order valence-corrected chi connectivity index (χ3v) is 3.99. The minimum atomic E-state index is -4.43. The molecule has 140 valence electrons. The van der Waals surface area contributed by atoms with E-state index in [4.69, 9.17) is 0 Å². The van der Waals surface area contributed by atoms with Crippen molar-refractivity contribution in [2.45, 2.75) is 19.6 Å². The number of nitrogens with one attached hydrogen (secondary N) is 3. The molecular weight excluding hydrogens is 361 g/mol. The van der Waals surface area contributed by atoms with Crippen LogP contribution in [-0.2, 0) is 22.3 Å². The quantitative estimate of drug-likeness (QED) is 0.614. The number of H-pyrrole nitrogens is 1. The summed E-state index contributed by atoms with van der Waals surface area (Å²) in [6.45, 7) is 1.27. The molecule has 3 aromatic rings. The van der Waals surface area contributed by atoms with Gasteiger partial charge in [0, 0.05) is 24.3 Å². The van der Waals surface area contributed by atoms with E-state index >= 15 is 0 Å². The molecule has 3 rings (SSSR count). The minimum absolute atomic E-state index is 0.0473. The van der Waals surface area contributed by atoms with Crippen molar-refractivity contribution < 1.29 is 22.8 Å². The van der Waals surface area contributed by atoms with Crippen LogP contribution in [0.1, 0.15) is 16.7 Å². The summed E-state index contributed by atoms with van der Waals surface area (Å²) in [4.78, 5) is 30.8. The van der Waals surface area contributed by atoms with Crippen molar-refractivity contribution in [3.63, 3.8) is 0 Å². The van der Waals surface area contributed by atoms with Crippen LogP contribution in [0.5, 0.6) is 0 Å². The fraction of sp³-hybridized carbons (Fsp3) is 0.167. The number of carbonyl (C=O) groups is 2. The molecule has 0 aliphatic rings. The first kappa shape index (κ1) is 18.4. The van der Waals surface area contributed by atoms with Crippen molar-refractivity contribution in [3.05, 3.63) is 59.5 Å². The molecule has 0 aliphatic heterocycles. The Morgan fingerprint density at radius 1 is 1.19 bits per heavy atom. The van der Waals surface area contributed by atoms with Crippen LogP contribution in [0.2, 0.25) is 0 Å². The molecule has 9 heteroatoms. The number of pyridine rings is 1. The molecule has 0 unspecified atom stereocenters. The van der Waals surface area contributed by atoms with E-state index in [9.17, 15) is 22.8 Å². The van der Waals surface area contributed by atoms with E-state index in [1.165, 1.54) is 25.3 Å². The van der Waals surface area contributed by atoms with Gasteiger partial charge in [-0.15, -0.1) is 0 Å². The van der Waals surface area contributed by atoms with Crippen LogP contribution < -0.4 is 10.6 Å². The van der Waals surface area contributed by atoms with Crippen molar-refractivity contribution in [3.8, 4) is 0 Å². The lowest BCUT2D eigenvalue weighted by molar-refractivity contribution is -0.138. The Morgan fingerprint density at radius 3 is 2.67 bits per heavy atom.